The maximum atomic E-state index is 5.02. The van der Waals surface area contributed by atoms with Gasteiger partial charge in [0.15, 0.2) is 6.33 Å². The summed E-state index contributed by atoms with van der Waals surface area (Å²) in [5.41, 5.74) is 2.45. The van der Waals surface area contributed by atoms with Crippen molar-refractivity contribution >= 4 is 0 Å². The largest absolute Gasteiger partial charge is 0.339 e. The molecule has 0 aliphatic carbocycles. The third-order valence-corrected chi connectivity index (χ3v) is 2.33. The van der Waals surface area contributed by atoms with Gasteiger partial charge in [0.2, 0.25) is 5.89 Å². The van der Waals surface area contributed by atoms with Gasteiger partial charge in [-0.15, -0.1) is 0 Å². The number of hydrogen-bond acceptors (Lipinski definition) is 3. The van der Waals surface area contributed by atoms with Crippen LogP contribution >= 0.6 is 0 Å². The Balaban J connectivity index is 2.28. The molecule has 1 atom stereocenters. The van der Waals surface area contributed by atoms with Crippen LogP contribution < -0.4 is 0 Å². The summed E-state index contributed by atoms with van der Waals surface area (Å²) in [5, 5.41) is 3.60. The second-order valence-corrected chi connectivity index (χ2v) is 3.41. The molecule has 72 valence electrons. The van der Waals surface area contributed by atoms with Crippen molar-refractivity contribution in [1.29, 1.82) is 0 Å². The Bertz CT molecular complexity index is 392. The smallest absolute Gasteiger partial charge is 0.233 e. The monoisotopic (exact) mass is 188 g/mol. The van der Waals surface area contributed by atoms with Crippen LogP contribution in [0.15, 0.2) is 35.1 Å². The fourth-order valence-corrected chi connectivity index (χ4v) is 1.37. The van der Waals surface area contributed by atoms with E-state index < -0.39 is 0 Å². The molecule has 2 aromatic rings. The van der Waals surface area contributed by atoms with Crippen molar-refractivity contribution < 1.29 is 4.52 Å². The van der Waals surface area contributed by atoms with E-state index >= 15 is 0 Å². The van der Waals surface area contributed by atoms with E-state index in [0.29, 0.717) is 5.89 Å². The molecule has 0 amide bonds. The lowest BCUT2D eigenvalue weighted by Crippen LogP contribution is -1.95. The second kappa shape index (κ2) is 3.62. The van der Waals surface area contributed by atoms with Gasteiger partial charge in [0, 0.05) is 0 Å². The number of aryl methyl sites for hydroxylation is 1. The molecule has 1 heterocycles. The van der Waals surface area contributed by atoms with Gasteiger partial charge in [-0.2, -0.15) is 4.98 Å². The maximum Gasteiger partial charge on any atom is 0.233 e. The molecule has 0 aliphatic heterocycles. The fourth-order valence-electron chi connectivity index (χ4n) is 1.37. The molecule has 0 radical (unpaired) electrons. The maximum absolute atomic E-state index is 5.02. The van der Waals surface area contributed by atoms with Gasteiger partial charge >= 0.3 is 0 Å². The molecule has 0 saturated carbocycles. The van der Waals surface area contributed by atoms with Crippen LogP contribution in [0.2, 0.25) is 0 Å². The fraction of sp³-hybridized carbons (Fsp3) is 0.273. The second-order valence-electron chi connectivity index (χ2n) is 3.41. The average molecular weight is 188 g/mol. The summed E-state index contributed by atoms with van der Waals surface area (Å²) < 4.78 is 5.02. The molecule has 0 saturated heterocycles. The van der Waals surface area contributed by atoms with Crippen molar-refractivity contribution in [3.05, 3.63) is 47.6 Å². The Hall–Kier alpha value is -1.64. The van der Waals surface area contributed by atoms with E-state index in [4.69, 9.17) is 4.52 Å². The summed E-state index contributed by atoms with van der Waals surface area (Å²) in [6.45, 7) is 4.12. The van der Waals surface area contributed by atoms with Crippen LogP contribution in [0.25, 0.3) is 0 Å². The molecule has 1 aromatic heterocycles. The highest BCUT2D eigenvalue weighted by atomic mass is 16.5. The highest BCUT2D eigenvalue weighted by Crippen LogP contribution is 2.21. The van der Waals surface area contributed by atoms with Crippen molar-refractivity contribution in [2.75, 3.05) is 0 Å². The lowest BCUT2D eigenvalue weighted by molar-refractivity contribution is 0.369. The van der Waals surface area contributed by atoms with E-state index in [2.05, 4.69) is 48.3 Å². The average Bonchev–Trinajstić information content (AvgIpc) is 2.71. The Morgan fingerprint density at radius 3 is 2.50 bits per heavy atom. The molecule has 0 bridgehead atoms. The van der Waals surface area contributed by atoms with Gasteiger partial charge in [0.25, 0.3) is 0 Å². The molecule has 2 rings (SSSR count). The van der Waals surface area contributed by atoms with Crippen molar-refractivity contribution in [1.82, 2.24) is 10.1 Å². The number of aromatic nitrogens is 2. The molecule has 3 heteroatoms. The van der Waals surface area contributed by atoms with E-state index in [9.17, 15) is 0 Å². The predicted octanol–water partition coefficient (Wildman–Crippen LogP) is 2.53. The highest BCUT2D eigenvalue weighted by molar-refractivity contribution is 5.26. The number of nitrogens with zero attached hydrogens (tertiary/aromatic N) is 2. The topological polar surface area (TPSA) is 38.9 Å². The molecule has 0 N–H and O–H groups in total. The zero-order valence-electron chi connectivity index (χ0n) is 8.27. The minimum Gasteiger partial charge on any atom is -0.339 e. The predicted molar refractivity (Wildman–Crippen MR) is 53.0 cm³/mol. The Labute approximate surface area is 82.8 Å². The standard InChI is InChI=1S/C11H12N2O/c1-8-3-5-10(6-4-8)9(2)11-12-7-13-14-11/h3-7,9H,1-2H3. The van der Waals surface area contributed by atoms with Crippen molar-refractivity contribution in [2.45, 2.75) is 19.8 Å². The lowest BCUT2D eigenvalue weighted by Gasteiger charge is -2.06. The van der Waals surface area contributed by atoms with Crippen molar-refractivity contribution in [3.8, 4) is 0 Å². The van der Waals surface area contributed by atoms with Gasteiger partial charge in [-0.25, -0.2) is 0 Å². The van der Waals surface area contributed by atoms with E-state index in [1.54, 1.807) is 0 Å². The van der Waals surface area contributed by atoms with Crippen LogP contribution in [-0.2, 0) is 0 Å². The van der Waals surface area contributed by atoms with Crippen LogP contribution in [-0.4, -0.2) is 10.1 Å². The molecule has 1 aromatic carbocycles. The minimum atomic E-state index is 0.165. The third-order valence-electron chi connectivity index (χ3n) is 2.33. The first-order valence-electron chi connectivity index (χ1n) is 4.60. The number of rotatable bonds is 2. The summed E-state index contributed by atoms with van der Waals surface area (Å²) in [5.74, 6) is 0.826. The van der Waals surface area contributed by atoms with Crippen LogP contribution in [0.5, 0.6) is 0 Å². The SMILES string of the molecule is Cc1ccc(C(C)c2ncno2)cc1. The van der Waals surface area contributed by atoms with E-state index in [1.165, 1.54) is 17.5 Å². The van der Waals surface area contributed by atoms with E-state index in [0.717, 1.165) is 0 Å². The minimum absolute atomic E-state index is 0.165. The molecule has 0 fully saturated rings. The summed E-state index contributed by atoms with van der Waals surface area (Å²) in [4.78, 5) is 4.04. The van der Waals surface area contributed by atoms with E-state index in [1.807, 2.05) is 0 Å². The summed E-state index contributed by atoms with van der Waals surface area (Å²) in [6.07, 6.45) is 1.43. The van der Waals surface area contributed by atoms with E-state index in [-0.39, 0.29) is 5.92 Å². The first-order valence-corrected chi connectivity index (χ1v) is 4.60. The van der Waals surface area contributed by atoms with Crippen LogP contribution in [0.1, 0.15) is 29.9 Å². The number of hydrogen-bond donors (Lipinski definition) is 0. The van der Waals surface area contributed by atoms with Crippen LogP contribution in [0.4, 0.5) is 0 Å². The molecule has 3 nitrogen and oxygen atoms in total. The molecular formula is C11H12N2O. The van der Waals surface area contributed by atoms with Gasteiger partial charge in [-0.1, -0.05) is 35.0 Å². The van der Waals surface area contributed by atoms with Gasteiger partial charge < -0.3 is 4.52 Å². The Morgan fingerprint density at radius 1 is 1.21 bits per heavy atom. The first-order chi connectivity index (χ1) is 6.77. The summed E-state index contributed by atoms with van der Waals surface area (Å²) in [6, 6.07) is 8.35. The molecular weight excluding hydrogens is 176 g/mol. The zero-order chi connectivity index (χ0) is 9.97. The van der Waals surface area contributed by atoms with Crippen molar-refractivity contribution in [2.24, 2.45) is 0 Å². The van der Waals surface area contributed by atoms with Gasteiger partial charge in [0.05, 0.1) is 5.92 Å². The summed E-state index contributed by atoms with van der Waals surface area (Å²) >= 11 is 0. The van der Waals surface area contributed by atoms with Crippen molar-refractivity contribution in [3.63, 3.8) is 0 Å². The normalized spacial score (nSPS) is 12.7. The van der Waals surface area contributed by atoms with Crippen LogP contribution in [0.3, 0.4) is 0 Å². The molecule has 14 heavy (non-hydrogen) atoms. The highest BCUT2D eigenvalue weighted by Gasteiger charge is 2.12. The third kappa shape index (κ3) is 1.66. The first kappa shape index (κ1) is 8.94. The number of benzene rings is 1. The quantitative estimate of drug-likeness (QED) is 0.726. The van der Waals surface area contributed by atoms with Gasteiger partial charge in [-0.05, 0) is 19.4 Å². The molecule has 1 unspecified atom stereocenters. The van der Waals surface area contributed by atoms with Gasteiger partial charge in [0.1, 0.15) is 0 Å². The zero-order valence-corrected chi connectivity index (χ0v) is 8.27. The summed E-state index contributed by atoms with van der Waals surface area (Å²) in [7, 11) is 0. The lowest BCUT2D eigenvalue weighted by atomic mass is 10.0. The molecule has 0 aliphatic rings. The van der Waals surface area contributed by atoms with Crippen LogP contribution in [0, 0.1) is 6.92 Å². The Kier molecular flexibility index (Phi) is 2.31. The van der Waals surface area contributed by atoms with Gasteiger partial charge in [-0.3, -0.25) is 0 Å². The molecule has 0 spiro atoms. The Morgan fingerprint density at radius 2 is 1.93 bits per heavy atom.